The maximum atomic E-state index is 11.8. The molecule has 0 fully saturated rings. The van der Waals surface area contributed by atoms with Crippen molar-refractivity contribution in [1.82, 2.24) is 0 Å². The first-order chi connectivity index (χ1) is 9.88. The third-order valence-electron chi connectivity index (χ3n) is 3.42. The summed E-state index contributed by atoms with van der Waals surface area (Å²) in [5.74, 6) is 0.304. The van der Waals surface area contributed by atoms with Crippen molar-refractivity contribution < 1.29 is 9.59 Å². The highest BCUT2D eigenvalue weighted by molar-refractivity contribution is 5.92. The molecule has 0 saturated carbocycles. The Morgan fingerprint density at radius 1 is 1.10 bits per heavy atom. The van der Waals surface area contributed by atoms with Gasteiger partial charge >= 0.3 is 0 Å². The molecular formula is C18H27NO2. The van der Waals surface area contributed by atoms with Gasteiger partial charge in [-0.1, -0.05) is 26.3 Å². The Bertz CT molecular complexity index is 492. The monoisotopic (exact) mass is 289 g/mol. The number of unbranched alkanes of at least 4 members (excludes halogenated alkanes) is 2. The maximum absolute atomic E-state index is 11.8. The lowest BCUT2D eigenvalue weighted by atomic mass is 10.0. The van der Waals surface area contributed by atoms with Gasteiger partial charge in [-0.2, -0.15) is 0 Å². The molecule has 0 spiro atoms. The van der Waals surface area contributed by atoms with Crippen molar-refractivity contribution >= 4 is 17.4 Å². The van der Waals surface area contributed by atoms with Gasteiger partial charge < -0.3 is 10.1 Å². The van der Waals surface area contributed by atoms with Crippen LogP contribution in [-0.4, -0.2) is 11.7 Å². The normalized spacial score (nSPS) is 10.7. The summed E-state index contributed by atoms with van der Waals surface area (Å²) >= 11 is 0. The molecule has 0 saturated heterocycles. The molecule has 1 amide bonds. The summed E-state index contributed by atoms with van der Waals surface area (Å²) in [7, 11) is 0. The Hall–Kier alpha value is -1.64. The van der Waals surface area contributed by atoms with Crippen molar-refractivity contribution in [3.05, 3.63) is 29.3 Å². The molecule has 116 valence electrons. The third-order valence-corrected chi connectivity index (χ3v) is 3.42. The molecule has 0 bridgehead atoms. The zero-order valence-electron chi connectivity index (χ0n) is 13.7. The van der Waals surface area contributed by atoms with E-state index in [-0.39, 0.29) is 17.6 Å². The average Bonchev–Trinajstić information content (AvgIpc) is 2.37. The quantitative estimate of drug-likeness (QED) is 0.726. The molecule has 0 heterocycles. The number of anilines is 1. The minimum atomic E-state index is -0.0134. The first-order valence-electron chi connectivity index (χ1n) is 7.79. The van der Waals surface area contributed by atoms with Crippen LogP contribution < -0.4 is 5.32 Å². The summed E-state index contributed by atoms with van der Waals surface area (Å²) in [6.45, 7) is 7.47. The number of ketones is 1. The lowest BCUT2D eigenvalue weighted by Gasteiger charge is -2.11. The molecule has 0 aliphatic carbocycles. The van der Waals surface area contributed by atoms with Gasteiger partial charge in [0.15, 0.2) is 0 Å². The molecule has 1 aromatic rings. The van der Waals surface area contributed by atoms with E-state index in [2.05, 4.69) is 17.4 Å². The van der Waals surface area contributed by atoms with E-state index in [9.17, 15) is 9.59 Å². The lowest BCUT2D eigenvalue weighted by Crippen LogP contribution is -2.17. The fourth-order valence-electron chi connectivity index (χ4n) is 2.25. The maximum Gasteiger partial charge on any atom is 0.226 e. The van der Waals surface area contributed by atoms with Crippen molar-refractivity contribution in [2.45, 2.75) is 59.8 Å². The number of hydrogen-bond acceptors (Lipinski definition) is 2. The Labute approximate surface area is 128 Å². The molecule has 1 rings (SSSR count). The highest BCUT2D eigenvalue weighted by Crippen LogP contribution is 2.18. The molecule has 0 atom stereocenters. The largest absolute Gasteiger partial charge is 0.326 e. The number of aryl methyl sites for hydroxylation is 2. The fourth-order valence-corrected chi connectivity index (χ4v) is 2.25. The predicted octanol–water partition coefficient (Wildman–Crippen LogP) is 4.28. The van der Waals surface area contributed by atoms with E-state index >= 15 is 0 Å². The third kappa shape index (κ3) is 7.07. The van der Waals surface area contributed by atoms with Gasteiger partial charge in [0, 0.05) is 18.0 Å². The molecule has 21 heavy (non-hydrogen) atoms. The molecule has 1 aromatic carbocycles. The van der Waals surface area contributed by atoms with Crippen LogP contribution in [0.4, 0.5) is 5.69 Å². The topological polar surface area (TPSA) is 46.2 Å². The average molecular weight is 289 g/mol. The summed E-state index contributed by atoms with van der Waals surface area (Å²) in [5, 5.41) is 2.96. The summed E-state index contributed by atoms with van der Waals surface area (Å²) in [6.07, 6.45) is 4.79. The van der Waals surface area contributed by atoms with Crippen LogP contribution in [-0.2, 0) is 16.0 Å². The highest BCUT2D eigenvalue weighted by atomic mass is 16.1. The van der Waals surface area contributed by atoms with E-state index < -0.39 is 0 Å². The minimum Gasteiger partial charge on any atom is -0.326 e. The molecule has 3 nitrogen and oxygen atoms in total. The van der Waals surface area contributed by atoms with Gasteiger partial charge in [0.25, 0.3) is 0 Å². The molecular weight excluding hydrogens is 262 g/mol. The zero-order chi connectivity index (χ0) is 15.8. The lowest BCUT2D eigenvalue weighted by molar-refractivity contribution is -0.119. The Morgan fingerprint density at radius 2 is 1.81 bits per heavy atom. The van der Waals surface area contributed by atoms with Crippen molar-refractivity contribution in [2.75, 3.05) is 5.32 Å². The number of Topliss-reactive ketones (excluding diaryl/α,β-unsaturated/α-hetero) is 1. The smallest absolute Gasteiger partial charge is 0.226 e. The number of rotatable bonds is 8. The summed E-state index contributed by atoms with van der Waals surface area (Å²) in [4.78, 5) is 22.6. The molecule has 0 unspecified atom stereocenters. The van der Waals surface area contributed by atoms with Gasteiger partial charge in [0.1, 0.15) is 5.78 Å². The van der Waals surface area contributed by atoms with E-state index in [1.165, 1.54) is 5.56 Å². The predicted molar refractivity (Wildman–Crippen MR) is 87.5 cm³/mol. The van der Waals surface area contributed by atoms with E-state index in [4.69, 9.17) is 0 Å². The van der Waals surface area contributed by atoms with Crippen molar-refractivity contribution in [3.63, 3.8) is 0 Å². The van der Waals surface area contributed by atoms with Crippen LogP contribution in [0.25, 0.3) is 0 Å². The Kier molecular flexibility index (Phi) is 7.13. The molecule has 0 radical (unpaired) electrons. The second kappa shape index (κ2) is 8.60. The van der Waals surface area contributed by atoms with Crippen LogP contribution in [0.2, 0.25) is 0 Å². The van der Waals surface area contributed by atoms with Gasteiger partial charge in [-0.15, -0.1) is 0 Å². The van der Waals surface area contributed by atoms with Crippen LogP contribution in [0.15, 0.2) is 18.2 Å². The fraction of sp³-hybridized carbons (Fsp3) is 0.556. The van der Waals surface area contributed by atoms with E-state index in [1.54, 1.807) is 6.92 Å². The van der Waals surface area contributed by atoms with Crippen molar-refractivity contribution in [1.29, 1.82) is 0 Å². The van der Waals surface area contributed by atoms with Gasteiger partial charge in [-0.3, -0.25) is 4.79 Å². The minimum absolute atomic E-state index is 0.0134. The molecule has 0 aromatic heterocycles. The Balaban J connectivity index is 2.53. The molecule has 3 heteroatoms. The number of nitrogens with one attached hydrogen (secondary N) is 1. The number of carbonyl (C=O) groups excluding carboxylic acids is 2. The van der Waals surface area contributed by atoms with Gasteiger partial charge in [0.2, 0.25) is 5.91 Å². The second-order valence-corrected chi connectivity index (χ2v) is 6.11. The van der Waals surface area contributed by atoms with Gasteiger partial charge in [-0.05, 0) is 56.4 Å². The summed E-state index contributed by atoms with van der Waals surface area (Å²) < 4.78 is 0. The van der Waals surface area contributed by atoms with Crippen LogP contribution in [0.1, 0.15) is 57.6 Å². The van der Waals surface area contributed by atoms with Crippen molar-refractivity contribution in [2.24, 2.45) is 5.92 Å². The number of hydrogen-bond donors (Lipinski definition) is 1. The molecule has 1 N–H and O–H groups in total. The number of carbonyl (C=O) groups is 2. The molecule has 0 aliphatic rings. The summed E-state index contributed by atoms with van der Waals surface area (Å²) in [6, 6.07) is 6.22. The first kappa shape index (κ1) is 17.4. The summed E-state index contributed by atoms with van der Waals surface area (Å²) in [5.41, 5.74) is 3.29. The van der Waals surface area contributed by atoms with Crippen LogP contribution in [0, 0.1) is 12.8 Å². The molecule has 0 aliphatic heterocycles. The standard InChI is InChI=1S/C18H27NO2/c1-13(2)18(21)19-17-11-14(3)10-16(12-17)9-7-5-6-8-15(4)20/h10-13H,5-9H2,1-4H3,(H,19,21). The van der Waals surface area contributed by atoms with E-state index in [0.29, 0.717) is 6.42 Å². The van der Waals surface area contributed by atoms with Gasteiger partial charge in [-0.25, -0.2) is 0 Å². The van der Waals surface area contributed by atoms with E-state index in [1.807, 2.05) is 26.8 Å². The van der Waals surface area contributed by atoms with Crippen LogP contribution in [0.5, 0.6) is 0 Å². The number of benzene rings is 1. The SMILES string of the molecule is CC(=O)CCCCCc1cc(C)cc(NC(=O)C(C)C)c1. The highest BCUT2D eigenvalue weighted by Gasteiger charge is 2.08. The second-order valence-electron chi connectivity index (χ2n) is 6.11. The van der Waals surface area contributed by atoms with Crippen molar-refractivity contribution in [3.8, 4) is 0 Å². The van der Waals surface area contributed by atoms with Gasteiger partial charge in [0.05, 0.1) is 0 Å². The van der Waals surface area contributed by atoms with Crippen LogP contribution >= 0.6 is 0 Å². The van der Waals surface area contributed by atoms with Crippen LogP contribution in [0.3, 0.4) is 0 Å². The zero-order valence-corrected chi connectivity index (χ0v) is 13.7. The Morgan fingerprint density at radius 3 is 2.43 bits per heavy atom. The van der Waals surface area contributed by atoms with E-state index in [0.717, 1.165) is 36.9 Å². The first-order valence-corrected chi connectivity index (χ1v) is 7.79. The number of amides is 1.